The second kappa shape index (κ2) is 10.9. The summed E-state index contributed by atoms with van der Waals surface area (Å²) < 4.78 is 40.4. The maximum Gasteiger partial charge on any atom is 0.416 e. The Labute approximate surface area is 203 Å². The molecule has 0 aliphatic carbocycles. The summed E-state index contributed by atoms with van der Waals surface area (Å²) >= 11 is 6.05. The Morgan fingerprint density at radius 1 is 0.971 bits per heavy atom. The summed E-state index contributed by atoms with van der Waals surface area (Å²) in [6.07, 6.45) is -1.44. The van der Waals surface area contributed by atoms with E-state index in [0.717, 1.165) is 74.6 Å². The zero-order valence-corrected chi connectivity index (χ0v) is 19.9. The highest BCUT2D eigenvalue weighted by molar-refractivity contribution is 6.30. The Balaban J connectivity index is 1.44. The summed E-state index contributed by atoms with van der Waals surface area (Å²) in [5.74, 6) is 0. The quantitative estimate of drug-likeness (QED) is 0.453. The van der Waals surface area contributed by atoms with E-state index >= 15 is 0 Å². The van der Waals surface area contributed by atoms with Gasteiger partial charge in [0.2, 0.25) is 0 Å². The molecule has 0 unspecified atom stereocenters. The number of rotatable bonds is 8. The predicted octanol–water partition coefficient (Wildman–Crippen LogP) is 4.94. The lowest BCUT2D eigenvalue weighted by molar-refractivity contribution is -0.137. The maximum absolute atomic E-state index is 12.9. The van der Waals surface area contributed by atoms with Crippen molar-refractivity contribution in [3.63, 3.8) is 0 Å². The van der Waals surface area contributed by atoms with Crippen LogP contribution in [0.5, 0.6) is 0 Å². The first kappa shape index (κ1) is 24.7. The Morgan fingerprint density at radius 3 is 2.29 bits per heavy atom. The minimum Gasteiger partial charge on any atom is -0.312 e. The minimum absolute atomic E-state index is 0.574. The topological polar surface area (TPSA) is 36.3 Å². The smallest absolute Gasteiger partial charge is 0.312 e. The largest absolute Gasteiger partial charge is 0.416 e. The van der Waals surface area contributed by atoms with E-state index in [-0.39, 0.29) is 0 Å². The molecule has 1 N–H and O–H groups in total. The predicted molar refractivity (Wildman–Crippen MR) is 129 cm³/mol. The van der Waals surface area contributed by atoms with Crippen molar-refractivity contribution in [3.8, 4) is 16.9 Å². The van der Waals surface area contributed by atoms with Crippen LogP contribution in [-0.2, 0) is 12.7 Å². The lowest BCUT2D eigenvalue weighted by Gasteiger charge is -2.32. The molecule has 0 amide bonds. The van der Waals surface area contributed by atoms with Crippen molar-refractivity contribution in [1.29, 1.82) is 0 Å². The second-order valence-electron chi connectivity index (χ2n) is 8.67. The summed E-state index contributed by atoms with van der Waals surface area (Å²) in [7, 11) is 2.15. The molecule has 34 heavy (non-hydrogen) atoms. The molecule has 3 aromatic rings. The zero-order valence-electron chi connectivity index (χ0n) is 19.2. The first-order valence-electron chi connectivity index (χ1n) is 11.4. The standard InChI is InChI=1S/C25H29ClF3N5/c1-32-13-15-33(16-14-32)12-2-11-30-17-20-18-34(23-9-5-21(6-10-23)25(27,28)29)31-24(20)19-3-7-22(26)8-4-19/h3-10,18,30H,2,11-17H2,1H3. The summed E-state index contributed by atoms with van der Waals surface area (Å²) in [5.41, 5.74) is 2.56. The van der Waals surface area contributed by atoms with E-state index in [1.54, 1.807) is 16.8 Å². The van der Waals surface area contributed by atoms with E-state index in [2.05, 4.69) is 22.2 Å². The van der Waals surface area contributed by atoms with Crippen LogP contribution in [0.1, 0.15) is 17.5 Å². The van der Waals surface area contributed by atoms with E-state index in [1.807, 2.05) is 18.3 Å². The van der Waals surface area contributed by atoms with Gasteiger partial charge in [0, 0.05) is 55.1 Å². The summed E-state index contributed by atoms with van der Waals surface area (Å²) in [6.45, 7) is 6.99. The van der Waals surface area contributed by atoms with Gasteiger partial charge >= 0.3 is 6.18 Å². The molecule has 4 rings (SSSR count). The van der Waals surface area contributed by atoms with Crippen LogP contribution in [0.3, 0.4) is 0 Å². The third kappa shape index (κ3) is 6.39. The minimum atomic E-state index is -4.36. The molecule has 1 saturated heterocycles. The van der Waals surface area contributed by atoms with Gasteiger partial charge < -0.3 is 15.1 Å². The Bertz CT molecular complexity index is 1060. The summed E-state index contributed by atoms with van der Waals surface area (Å²) in [4.78, 5) is 4.84. The molecular formula is C25H29ClF3N5. The molecule has 0 bridgehead atoms. The van der Waals surface area contributed by atoms with Gasteiger partial charge in [0.25, 0.3) is 0 Å². The number of piperazine rings is 1. The van der Waals surface area contributed by atoms with Crippen LogP contribution in [0.15, 0.2) is 54.7 Å². The average Bonchev–Trinajstić information content (AvgIpc) is 3.24. The molecule has 0 radical (unpaired) electrons. The van der Waals surface area contributed by atoms with Gasteiger partial charge in [-0.1, -0.05) is 23.7 Å². The normalized spacial score (nSPS) is 15.7. The molecule has 1 fully saturated rings. The van der Waals surface area contributed by atoms with E-state index in [0.29, 0.717) is 17.3 Å². The van der Waals surface area contributed by atoms with Gasteiger partial charge in [-0.15, -0.1) is 0 Å². The molecule has 1 aliphatic rings. The van der Waals surface area contributed by atoms with Gasteiger partial charge in [0.15, 0.2) is 0 Å². The van der Waals surface area contributed by atoms with Crippen LogP contribution in [0.4, 0.5) is 13.2 Å². The fourth-order valence-electron chi connectivity index (χ4n) is 4.05. The number of likely N-dealkylation sites (N-methyl/N-ethyl adjacent to an activating group) is 1. The first-order valence-corrected chi connectivity index (χ1v) is 11.8. The number of benzene rings is 2. The van der Waals surface area contributed by atoms with Gasteiger partial charge in [-0.2, -0.15) is 18.3 Å². The van der Waals surface area contributed by atoms with Crippen LogP contribution in [0.2, 0.25) is 5.02 Å². The second-order valence-corrected chi connectivity index (χ2v) is 9.11. The molecule has 2 heterocycles. The molecular weight excluding hydrogens is 463 g/mol. The van der Waals surface area contributed by atoms with E-state index in [9.17, 15) is 13.2 Å². The van der Waals surface area contributed by atoms with Crippen LogP contribution >= 0.6 is 11.6 Å². The SMILES string of the molecule is CN1CCN(CCCNCc2cn(-c3ccc(C(F)(F)F)cc3)nc2-c2ccc(Cl)cc2)CC1. The van der Waals surface area contributed by atoms with Crippen molar-refractivity contribution in [2.24, 2.45) is 0 Å². The third-order valence-corrected chi connectivity index (χ3v) is 6.36. The monoisotopic (exact) mass is 491 g/mol. The molecule has 0 atom stereocenters. The molecule has 0 saturated carbocycles. The van der Waals surface area contributed by atoms with Crippen molar-refractivity contribution in [1.82, 2.24) is 24.9 Å². The molecule has 9 heteroatoms. The summed E-state index contributed by atoms with van der Waals surface area (Å²) in [5, 5.41) is 8.83. The van der Waals surface area contributed by atoms with E-state index in [4.69, 9.17) is 16.7 Å². The molecule has 182 valence electrons. The lowest BCUT2D eigenvalue weighted by Crippen LogP contribution is -2.45. The highest BCUT2D eigenvalue weighted by atomic mass is 35.5. The maximum atomic E-state index is 12.9. The van der Waals surface area contributed by atoms with Gasteiger partial charge in [-0.3, -0.25) is 0 Å². The fraction of sp³-hybridized carbons (Fsp3) is 0.400. The number of nitrogens with zero attached hydrogens (tertiary/aromatic N) is 4. The number of hydrogen-bond acceptors (Lipinski definition) is 4. The third-order valence-electron chi connectivity index (χ3n) is 6.11. The van der Waals surface area contributed by atoms with E-state index in [1.165, 1.54) is 12.1 Å². The number of hydrogen-bond donors (Lipinski definition) is 1. The number of aromatic nitrogens is 2. The molecule has 0 spiro atoms. The Morgan fingerprint density at radius 2 is 1.65 bits per heavy atom. The van der Waals surface area contributed by atoms with Gasteiger partial charge in [-0.05, 0) is 63.0 Å². The highest BCUT2D eigenvalue weighted by Crippen LogP contribution is 2.30. The molecule has 5 nitrogen and oxygen atoms in total. The van der Waals surface area contributed by atoms with Crippen LogP contribution < -0.4 is 5.32 Å². The Kier molecular flexibility index (Phi) is 7.93. The summed E-state index contributed by atoms with van der Waals surface area (Å²) in [6, 6.07) is 12.5. The average molecular weight is 492 g/mol. The van der Waals surface area contributed by atoms with Crippen molar-refractivity contribution < 1.29 is 13.2 Å². The molecule has 1 aliphatic heterocycles. The van der Waals surface area contributed by atoms with Gasteiger partial charge in [0.05, 0.1) is 16.9 Å². The van der Waals surface area contributed by atoms with Crippen molar-refractivity contribution >= 4 is 11.6 Å². The van der Waals surface area contributed by atoms with E-state index < -0.39 is 11.7 Å². The first-order chi connectivity index (χ1) is 16.3. The molecule has 1 aromatic heterocycles. The van der Waals surface area contributed by atoms with Crippen molar-refractivity contribution in [2.45, 2.75) is 19.1 Å². The Hall–Kier alpha value is -2.39. The number of halogens is 4. The number of alkyl halides is 3. The van der Waals surface area contributed by atoms with Crippen molar-refractivity contribution in [2.75, 3.05) is 46.3 Å². The van der Waals surface area contributed by atoms with Crippen molar-refractivity contribution in [3.05, 3.63) is 70.9 Å². The highest BCUT2D eigenvalue weighted by Gasteiger charge is 2.30. The van der Waals surface area contributed by atoms with Gasteiger partial charge in [0.1, 0.15) is 0 Å². The van der Waals surface area contributed by atoms with Gasteiger partial charge in [-0.25, -0.2) is 4.68 Å². The van der Waals surface area contributed by atoms with Crippen LogP contribution in [0.25, 0.3) is 16.9 Å². The number of nitrogens with one attached hydrogen (secondary N) is 1. The lowest BCUT2D eigenvalue weighted by atomic mass is 10.1. The fourth-order valence-corrected chi connectivity index (χ4v) is 4.17. The zero-order chi connectivity index (χ0) is 24.1. The van der Waals surface area contributed by atoms with Crippen LogP contribution in [0, 0.1) is 0 Å². The van der Waals surface area contributed by atoms with Crippen LogP contribution in [-0.4, -0.2) is 65.9 Å². The molecule has 2 aromatic carbocycles.